The van der Waals surface area contributed by atoms with E-state index in [2.05, 4.69) is 20.8 Å². The molecule has 0 radical (unpaired) electrons. The third kappa shape index (κ3) is 2.54. The Kier molecular flexibility index (Phi) is 3.27. The fourth-order valence-electron chi connectivity index (χ4n) is 1.59. The molecule has 1 fully saturated rings. The number of aromatic nitrogens is 4. The number of nitrogens with one attached hydrogen (secondary N) is 1. The molecule has 1 unspecified atom stereocenters. The number of carboxylic acid groups (broad SMARTS) is 1. The second-order valence-corrected chi connectivity index (χ2v) is 4.85. The molecule has 0 bridgehead atoms. The fourth-order valence-corrected chi connectivity index (χ4v) is 2.92. The molecule has 1 atom stereocenters. The molecule has 0 aliphatic carbocycles. The van der Waals surface area contributed by atoms with Gasteiger partial charge in [0.2, 0.25) is 5.91 Å². The second kappa shape index (κ2) is 4.70. The van der Waals surface area contributed by atoms with Gasteiger partial charge in [-0.15, -0.1) is 5.10 Å². The number of thioether (sulfide) groups is 1. The van der Waals surface area contributed by atoms with E-state index < -0.39 is 17.4 Å². The molecule has 1 saturated heterocycles. The van der Waals surface area contributed by atoms with E-state index in [1.165, 1.54) is 22.8 Å². The molecule has 2 heterocycles. The van der Waals surface area contributed by atoms with Gasteiger partial charge in [-0.3, -0.25) is 4.79 Å². The number of carboxylic acids is 1. The van der Waals surface area contributed by atoms with Crippen LogP contribution in [0.4, 0.5) is 0 Å². The third-order valence-electron chi connectivity index (χ3n) is 2.51. The van der Waals surface area contributed by atoms with Crippen LogP contribution in [0.2, 0.25) is 0 Å². The Morgan fingerprint density at radius 2 is 2.41 bits per heavy atom. The topological polar surface area (TPSA) is 110 Å². The maximum atomic E-state index is 11.7. The van der Waals surface area contributed by atoms with Gasteiger partial charge in [0, 0.05) is 5.75 Å². The minimum atomic E-state index is -1.14. The summed E-state index contributed by atoms with van der Waals surface area (Å²) in [7, 11) is 0. The zero-order chi connectivity index (χ0) is 12.3. The van der Waals surface area contributed by atoms with Gasteiger partial charge in [-0.2, -0.15) is 11.8 Å². The number of carbonyl (C=O) groups excluding carboxylic acids is 1. The average molecular weight is 257 g/mol. The summed E-state index contributed by atoms with van der Waals surface area (Å²) in [6.45, 7) is -0.0767. The predicted molar refractivity (Wildman–Crippen MR) is 58.3 cm³/mol. The number of rotatable bonds is 4. The van der Waals surface area contributed by atoms with E-state index in [1.54, 1.807) is 0 Å². The SMILES string of the molecule is O=C(Cn1cnnn1)NC1(C(=O)O)CCSC1. The number of aliphatic carboxylic acids is 1. The Balaban J connectivity index is 1.99. The lowest BCUT2D eigenvalue weighted by Gasteiger charge is -2.24. The van der Waals surface area contributed by atoms with Crippen molar-refractivity contribution in [3.05, 3.63) is 6.33 Å². The average Bonchev–Trinajstić information content (AvgIpc) is 2.89. The van der Waals surface area contributed by atoms with Crippen LogP contribution in [-0.2, 0) is 16.1 Å². The summed E-state index contributed by atoms with van der Waals surface area (Å²) in [5, 5.41) is 22.0. The highest BCUT2D eigenvalue weighted by Gasteiger charge is 2.43. The lowest BCUT2D eigenvalue weighted by Crippen LogP contribution is -2.55. The Bertz CT molecular complexity index is 415. The number of tetrazole rings is 1. The molecule has 1 aromatic heterocycles. The molecule has 17 heavy (non-hydrogen) atoms. The highest BCUT2D eigenvalue weighted by molar-refractivity contribution is 7.99. The van der Waals surface area contributed by atoms with E-state index >= 15 is 0 Å². The molecule has 0 spiro atoms. The molecule has 1 aliphatic heterocycles. The minimum Gasteiger partial charge on any atom is -0.479 e. The molecular weight excluding hydrogens is 246 g/mol. The zero-order valence-corrected chi connectivity index (χ0v) is 9.68. The Morgan fingerprint density at radius 1 is 1.59 bits per heavy atom. The molecule has 92 valence electrons. The maximum absolute atomic E-state index is 11.7. The molecule has 1 aliphatic rings. The molecule has 2 rings (SSSR count). The predicted octanol–water partition coefficient (Wildman–Crippen LogP) is -1.25. The van der Waals surface area contributed by atoms with Crippen LogP contribution < -0.4 is 5.32 Å². The van der Waals surface area contributed by atoms with Crippen LogP contribution in [0.3, 0.4) is 0 Å². The van der Waals surface area contributed by atoms with Gasteiger partial charge >= 0.3 is 5.97 Å². The second-order valence-electron chi connectivity index (χ2n) is 3.75. The van der Waals surface area contributed by atoms with Crippen LogP contribution in [0.15, 0.2) is 6.33 Å². The van der Waals surface area contributed by atoms with Gasteiger partial charge in [-0.25, -0.2) is 9.48 Å². The van der Waals surface area contributed by atoms with Crippen molar-refractivity contribution >= 4 is 23.6 Å². The first kappa shape index (κ1) is 11.8. The van der Waals surface area contributed by atoms with Crippen LogP contribution in [0, 0.1) is 0 Å². The van der Waals surface area contributed by atoms with Gasteiger partial charge in [-0.1, -0.05) is 0 Å². The van der Waals surface area contributed by atoms with E-state index in [0.717, 1.165) is 5.75 Å². The highest BCUT2D eigenvalue weighted by Crippen LogP contribution is 2.28. The van der Waals surface area contributed by atoms with Gasteiger partial charge in [0.1, 0.15) is 18.4 Å². The third-order valence-corrected chi connectivity index (χ3v) is 3.70. The summed E-state index contributed by atoms with van der Waals surface area (Å²) in [5.74, 6) is -0.268. The molecular formula is C8H11N5O3S. The quantitative estimate of drug-likeness (QED) is 0.693. The van der Waals surface area contributed by atoms with Crippen molar-refractivity contribution in [1.29, 1.82) is 0 Å². The first-order chi connectivity index (χ1) is 8.12. The molecule has 1 amide bonds. The summed E-state index contributed by atoms with van der Waals surface area (Å²) in [5.41, 5.74) is -1.14. The Labute approximate surface area is 101 Å². The van der Waals surface area contributed by atoms with E-state index in [1.807, 2.05) is 0 Å². The van der Waals surface area contributed by atoms with Crippen molar-refractivity contribution in [2.24, 2.45) is 0 Å². The van der Waals surface area contributed by atoms with Crippen molar-refractivity contribution in [1.82, 2.24) is 25.5 Å². The summed E-state index contributed by atoms with van der Waals surface area (Å²) in [4.78, 5) is 22.9. The van der Waals surface area contributed by atoms with Crippen LogP contribution in [0.25, 0.3) is 0 Å². The molecule has 8 nitrogen and oxygen atoms in total. The number of hydrogen-bond donors (Lipinski definition) is 2. The van der Waals surface area contributed by atoms with Crippen LogP contribution in [-0.4, -0.2) is 54.2 Å². The summed E-state index contributed by atoms with van der Waals surface area (Å²) < 4.78 is 1.24. The number of carbonyl (C=O) groups is 2. The molecule has 0 aromatic carbocycles. The number of amides is 1. The van der Waals surface area contributed by atoms with Gasteiger partial charge < -0.3 is 10.4 Å². The van der Waals surface area contributed by atoms with Crippen molar-refractivity contribution < 1.29 is 14.7 Å². The normalized spacial score (nSPS) is 23.5. The van der Waals surface area contributed by atoms with Crippen LogP contribution in [0.1, 0.15) is 6.42 Å². The van der Waals surface area contributed by atoms with E-state index in [0.29, 0.717) is 12.2 Å². The Hall–Kier alpha value is -1.64. The lowest BCUT2D eigenvalue weighted by atomic mass is 9.99. The Morgan fingerprint density at radius 3 is 2.94 bits per heavy atom. The van der Waals surface area contributed by atoms with E-state index in [-0.39, 0.29) is 6.54 Å². The molecule has 2 N–H and O–H groups in total. The molecule has 9 heteroatoms. The van der Waals surface area contributed by atoms with E-state index in [4.69, 9.17) is 5.11 Å². The van der Waals surface area contributed by atoms with Gasteiger partial charge in [0.25, 0.3) is 0 Å². The highest BCUT2D eigenvalue weighted by atomic mass is 32.2. The monoisotopic (exact) mass is 257 g/mol. The fraction of sp³-hybridized carbons (Fsp3) is 0.625. The van der Waals surface area contributed by atoms with Gasteiger partial charge in [0.05, 0.1) is 0 Å². The number of nitrogens with zero attached hydrogens (tertiary/aromatic N) is 4. The minimum absolute atomic E-state index is 0.0767. The lowest BCUT2D eigenvalue weighted by molar-refractivity contribution is -0.146. The van der Waals surface area contributed by atoms with Crippen LogP contribution in [0.5, 0.6) is 0 Å². The summed E-state index contributed by atoms with van der Waals surface area (Å²) in [6.07, 6.45) is 1.74. The van der Waals surface area contributed by atoms with Crippen molar-refractivity contribution in [3.8, 4) is 0 Å². The maximum Gasteiger partial charge on any atom is 0.330 e. The zero-order valence-electron chi connectivity index (χ0n) is 8.87. The molecule has 1 aromatic rings. The van der Waals surface area contributed by atoms with Crippen LogP contribution >= 0.6 is 11.8 Å². The van der Waals surface area contributed by atoms with Crippen molar-refractivity contribution in [2.45, 2.75) is 18.5 Å². The van der Waals surface area contributed by atoms with Crippen molar-refractivity contribution in [2.75, 3.05) is 11.5 Å². The summed E-state index contributed by atoms with van der Waals surface area (Å²) in [6, 6.07) is 0. The first-order valence-electron chi connectivity index (χ1n) is 4.95. The summed E-state index contributed by atoms with van der Waals surface area (Å²) >= 11 is 1.52. The first-order valence-corrected chi connectivity index (χ1v) is 6.11. The van der Waals surface area contributed by atoms with Gasteiger partial charge in [-0.05, 0) is 22.6 Å². The van der Waals surface area contributed by atoms with Gasteiger partial charge in [0.15, 0.2) is 0 Å². The number of hydrogen-bond acceptors (Lipinski definition) is 6. The smallest absolute Gasteiger partial charge is 0.330 e. The van der Waals surface area contributed by atoms with E-state index in [9.17, 15) is 9.59 Å². The molecule has 0 saturated carbocycles. The largest absolute Gasteiger partial charge is 0.479 e. The van der Waals surface area contributed by atoms with Crippen molar-refractivity contribution in [3.63, 3.8) is 0 Å². The standard InChI is InChI=1S/C8H11N5O3S/c14-6(3-13-5-9-11-12-13)10-8(7(15)16)1-2-17-4-8/h5H,1-4H2,(H,10,14)(H,15,16).